The van der Waals surface area contributed by atoms with Crippen molar-refractivity contribution in [2.75, 3.05) is 23.4 Å². The minimum Gasteiger partial charge on any atom is -0.372 e. The molecule has 1 aromatic rings. The Morgan fingerprint density at radius 2 is 1.76 bits per heavy atom. The largest absolute Gasteiger partial charge is 0.372 e. The lowest BCUT2D eigenvalue weighted by Gasteiger charge is -2.28. The molecule has 0 atom stereocenters. The minimum absolute atomic E-state index is 0.592. The van der Waals surface area contributed by atoms with Crippen LogP contribution in [0.5, 0.6) is 0 Å². The van der Waals surface area contributed by atoms with Crippen LogP contribution in [0.4, 0.5) is 16.2 Å². The predicted octanol–water partition coefficient (Wildman–Crippen LogP) is 1.67. The normalized spacial score (nSPS) is 15.4. The number of benzene rings is 1. The summed E-state index contributed by atoms with van der Waals surface area (Å²) in [6.45, 7) is 2.26. The van der Waals surface area contributed by atoms with Gasteiger partial charge in [-0.1, -0.05) is 0 Å². The van der Waals surface area contributed by atoms with E-state index in [2.05, 4.69) is 27.9 Å². The number of carbonyl (C=O) groups excluding carboxylic acids is 1. The van der Waals surface area contributed by atoms with Crippen molar-refractivity contribution < 1.29 is 4.79 Å². The van der Waals surface area contributed by atoms with E-state index in [9.17, 15) is 4.79 Å². The van der Waals surface area contributed by atoms with Crippen LogP contribution in [0.25, 0.3) is 0 Å². The van der Waals surface area contributed by atoms with Crippen LogP contribution in [0.1, 0.15) is 19.3 Å². The van der Waals surface area contributed by atoms with Crippen molar-refractivity contribution in [1.29, 1.82) is 0 Å². The second-order valence-electron chi connectivity index (χ2n) is 4.21. The summed E-state index contributed by atoms with van der Waals surface area (Å²) in [6, 6.07) is 7.37. The minimum atomic E-state index is -0.592. The lowest BCUT2D eigenvalue weighted by molar-refractivity contribution is 0.250. The van der Waals surface area contributed by atoms with Crippen molar-refractivity contribution >= 4 is 17.4 Å². The first-order valence-electron chi connectivity index (χ1n) is 5.92. The van der Waals surface area contributed by atoms with Crippen molar-refractivity contribution in [3.05, 3.63) is 24.3 Å². The van der Waals surface area contributed by atoms with E-state index >= 15 is 0 Å². The highest BCUT2D eigenvalue weighted by Gasteiger charge is 2.10. The molecule has 1 aliphatic rings. The summed E-state index contributed by atoms with van der Waals surface area (Å²) in [5, 5.41) is 0. The maximum Gasteiger partial charge on any atom is 0.330 e. The summed E-state index contributed by atoms with van der Waals surface area (Å²) in [6.07, 6.45) is 3.87. The molecule has 0 unspecified atom stereocenters. The van der Waals surface area contributed by atoms with E-state index in [-0.39, 0.29) is 0 Å². The van der Waals surface area contributed by atoms with Gasteiger partial charge in [0.15, 0.2) is 0 Å². The van der Waals surface area contributed by atoms with Gasteiger partial charge in [-0.15, -0.1) is 0 Å². The van der Waals surface area contributed by atoms with Gasteiger partial charge in [0.1, 0.15) is 0 Å². The van der Waals surface area contributed by atoms with Crippen LogP contribution in [0.2, 0.25) is 0 Å². The van der Waals surface area contributed by atoms with Crippen molar-refractivity contribution in [2.24, 2.45) is 5.73 Å². The van der Waals surface area contributed by atoms with Crippen LogP contribution in [0, 0.1) is 0 Å². The monoisotopic (exact) mass is 234 g/mol. The molecular weight excluding hydrogens is 216 g/mol. The third-order valence-corrected chi connectivity index (χ3v) is 2.92. The number of hydrogen-bond donors (Lipinski definition) is 3. The lowest BCUT2D eigenvalue weighted by Crippen LogP contribution is -2.34. The van der Waals surface area contributed by atoms with Gasteiger partial charge in [-0.05, 0) is 43.5 Å². The van der Waals surface area contributed by atoms with E-state index in [1.807, 2.05) is 12.1 Å². The number of nitrogens with zero attached hydrogens (tertiary/aromatic N) is 1. The molecule has 0 radical (unpaired) electrons. The van der Waals surface area contributed by atoms with Gasteiger partial charge in [0, 0.05) is 18.8 Å². The second-order valence-corrected chi connectivity index (χ2v) is 4.21. The van der Waals surface area contributed by atoms with Crippen LogP contribution in [0.15, 0.2) is 24.3 Å². The quantitative estimate of drug-likeness (QED) is 0.697. The van der Waals surface area contributed by atoms with Gasteiger partial charge in [-0.3, -0.25) is 10.9 Å². The molecule has 0 aromatic heterocycles. The molecule has 0 spiro atoms. The third kappa shape index (κ3) is 3.27. The van der Waals surface area contributed by atoms with Crippen molar-refractivity contribution in [3.63, 3.8) is 0 Å². The van der Waals surface area contributed by atoms with Crippen LogP contribution < -0.4 is 21.5 Å². The maximum absolute atomic E-state index is 10.5. The van der Waals surface area contributed by atoms with E-state index in [0.717, 1.165) is 18.8 Å². The van der Waals surface area contributed by atoms with Gasteiger partial charge < -0.3 is 10.6 Å². The highest BCUT2D eigenvalue weighted by atomic mass is 16.2. The Morgan fingerprint density at radius 1 is 1.12 bits per heavy atom. The molecule has 1 heterocycles. The van der Waals surface area contributed by atoms with Gasteiger partial charge in [0.25, 0.3) is 0 Å². The Kier molecular flexibility index (Phi) is 3.69. The number of primary amides is 1. The lowest BCUT2D eigenvalue weighted by atomic mass is 10.1. The number of nitrogens with two attached hydrogens (primary N) is 1. The molecule has 1 fully saturated rings. The average molecular weight is 234 g/mol. The summed E-state index contributed by atoms with van der Waals surface area (Å²) in [4.78, 5) is 12.9. The van der Waals surface area contributed by atoms with E-state index in [4.69, 9.17) is 5.73 Å². The van der Waals surface area contributed by atoms with E-state index in [1.165, 1.54) is 24.9 Å². The molecule has 0 bridgehead atoms. The summed E-state index contributed by atoms with van der Waals surface area (Å²) in [7, 11) is 0. The summed E-state index contributed by atoms with van der Waals surface area (Å²) >= 11 is 0. The molecule has 2 rings (SSSR count). The molecule has 4 N–H and O–H groups in total. The third-order valence-electron chi connectivity index (χ3n) is 2.92. The van der Waals surface area contributed by atoms with E-state index in [0.29, 0.717) is 0 Å². The van der Waals surface area contributed by atoms with Gasteiger partial charge >= 0.3 is 6.03 Å². The molecule has 5 nitrogen and oxygen atoms in total. The Balaban J connectivity index is 1.94. The Labute approximate surface area is 101 Å². The van der Waals surface area contributed by atoms with Crippen LogP contribution >= 0.6 is 0 Å². The highest BCUT2D eigenvalue weighted by Crippen LogP contribution is 2.21. The first-order valence-corrected chi connectivity index (χ1v) is 5.92. The van der Waals surface area contributed by atoms with E-state index < -0.39 is 6.03 Å². The fourth-order valence-corrected chi connectivity index (χ4v) is 2.04. The van der Waals surface area contributed by atoms with Gasteiger partial charge in [0.2, 0.25) is 0 Å². The van der Waals surface area contributed by atoms with Crippen molar-refractivity contribution in [2.45, 2.75) is 19.3 Å². The van der Waals surface area contributed by atoms with Crippen LogP contribution in [0.3, 0.4) is 0 Å². The molecule has 1 saturated heterocycles. The number of anilines is 2. The number of carbonyl (C=O) groups is 1. The Hall–Kier alpha value is -1.91. The SMILES string of the molecule is NC(=O)NNc1ccc(N2CCCCC2)cc1. The zero-order valence-electron chi connectivity index (χ0n) is 9.78. The Bertz CT molecular complexity index is 371. The standard InChI is InChI=1S/C12H18N4O/c13-12(17)15-14-10-4-6-11(7-5-10)16-8-2-1-3-9-16/h4-7,14H,1-3,8-9H2,(H3,13,15,17). The van der Waals surface area contributed by atoms with Crippen LogP contribution in [-0.2, 0) is 0 Å². The smallest absolute Gasteiger partial charge is 0.330 e. The number of rotatable bonds is 3. The molecule has 1 aliphatic heterocycles. The number of urea groups is 1. The fourth-order valence-electron chi connectivity index (χ4n) is 2.04. The second kappa shape index (κ2) is 5.43. The number of hydrazine groups is 1. The van der Waals surface area contributed by atoms with Crippen molar-refractivity contribution in [1.82, 2.24) is 5.43 Å². The molecule has 1 aromatic carbocycles. The number of nitrogens with one attached hydrogen (secondary N) is 2. The predicted molar refractivity (Wildman–Crippen MR) is 68.8 cm³/mol. The fraction of sp³-hybridized carbons (Fsp3) is 0.417. The van der Waals surface area contributed by atoms with Gasteiger partial charge in [-0.2, -0.15) is 0 Å². The molecule has 17 heavy (non-hydrogen) atoms. The van der Waals surface area contributed by atoms with Gasteiger partial charge in [0.05, 0.1) is 5.69 Å². The summed E-state index contributed by atoms with van der Waals surface area (Å²) in [5.74, 6) is 0. The molecule has 2 amide bonds. The number of piperidine rings is 1. The number of hydrogen-bond acceptors (Lipinski definition) is 3. The van der Waals surface area contributed by atoms with Gasteiger partial charge in [-0.25, -0.2) is 4.79 Å². The molecule has 5 heteroatoms. The summed E-state index contributed by atoms with van der Waals surface area (Å²) < 4.78 is 0. The molecule has 0 aliphatic carbocycles. The molecule has 0 saturated carbocycles. The van der Waals surface area contributed by atoms with Crippen molar-refractivity contribution in [3.8, 4) is 0 Å². The Morgan fingerprint density at radius 3 is 2.35 bits per heavy atom. The maximum atomic E-state index is 10.5. The topological polar surface area (TPSA) is 70.4 Å². The average Bonchev–Trinajstić information content (AvgIpc) is 2.38. The zero-order valence-corrected chi connectivity index (χ0v) is 9.78. The zero-order chi connectivity index (χ0) is 12.1. The van der Waals surface area contributed by atoms with E-state index in [1.54, 1.807) is 0 Å². The first kappa shape index (κ1) is 11.6. The molecular formula is C12H18N4O. The summed E-state index contributed by atoms with van der Waals surface area (Å²) in [5.41, 5.74) is 12.1. The van der Waals surface area contributed by atoms with Crippen LogP contribution in [-0.4, -0.2) is 19.1 Å². The first-order chi connectivity index (χ1) is 8.25. The number of amides is 2. The molecule has 92 valence electrons. The highest BCUT2D eigenvalue weighted by molar-refractivity contribution is 5.73.